The molecule has 0 saturated heterocycles. The van der Waals surface area contributed by atoms with Gasteiger partial charge in [0.2, 0.25) is 0 Å². The molecule has 1 rings (SSSR count). The zero-order valence-corrected chi connectivity index (χ0v) is 13.8. The van der Waals surface area contributed by atoms with Gasteiger partial charge in [-0.1, -0.05) is 0 Å². The van der Waals surface area contributed by atoms with E-state index in [1.54, 1.807) is 12.0 Å². The number of urea groups is 1. The van der Waals surface area contributed by atoms with E-state index < -0.39 is 0 Å². The third-order valence-corrected chi connectivity index (χ3v) is 3.78. The van der Waals surface area contributed by atoms with Crippen LogP contribution < -0.4 is 5.32 Å². The SMILES string of the molecule is CO[C@H](C)CCNC(=O)N(C)CCCc1c(C)n[nH]c1C. The maximum absolute atomic E-state index is 11.9. The fourth-order valence-electron chi connectivity index (χ4n) is 2.17. The van der Waals surface area contributed by atoms with Crippen LogP contribution in [0.1, 0.15) is 36.7 Å². The first-order valence-electron chi connectivity index (χ1n) is 7.48. The predicted octanol–water partition coefficient (Wildman–Crippen LogP) is 2.03. The largest absolute Gasteiger partial charge is 0.382 e. The van der Waals surface area contributed by atoms with Gasteiger partial charge in [0.25, 0.3) is 0 Å². The van der Waals surface area contributed by atoms with Gasteiger partial charge in [-0.15, -0.1) is 0 Å². The highest BCUT2D eigenvalue weighted by Gasteiger charge is 2.10. The second kappa shape index (κ2) is 8.67. The van der Waals surface area contributed by atoms with Crippen molar-refractivity contribution in [3.05, 3.63) is 17.0 Å². The van der Waals surface area contributed by atoms with Crippen LogP contribution in [-0.4, -0.2) is 54.5 Å². The van der Waals surface area contributed by atoms with E-state index in [2.05, 4.69) is 15.5 Å². The van der Waals surface area contributed by atoms with Gasteiger partial charge in [-0.3, -0.25) is 5.10 Å². The lowest BCUT2D eigenvalue weighted by molar-refractivity contribution is 0.111. The maximum atomic E-state index is 11.9. The molecular weight excluding hydrogens is 268 g/mol. The molecule has 0 saturated carbocycles. The smallest absolute Gasteiger partial charge is 0.317 e. The molecule has 120 valence electrons. The van der Waals surface area contributed by atoms with Gasteiger partial charge in [-0.05, 0) is 45.6 Å². The Balaban J connectivity index is 2.24. The summed E-state index contributed by atoms with van der Waals surface area (Å²) in [5.74, 6) is 0. The fraction of sp³-hybridized carbons (Fsp3) is 0.733. The number of rotatable bonds is 8. The summed E-state index contributed by atoms with van der Waals surface area (Å²) in [6, 6.07) is -0.0288. The number of aromatic nitrogens is 2. The van der Waals surface area contributed by atoms with Crippen molar-refractivity contribution in [2.45, 2.75) is 46.1 Å². The molecule has 21 heavy (non-hydrogen) atoms. The van der Waals surface area contributed by atoms with Crippen molar-refractivity contribution in [3.8, 4) is 0 Å². The summed E-state index contributed by atoms with van der Waals surface area (Å²) in [6.45, 7) is 7.40. The Hall–Kier alpha value is -1.56. The maximum Gasteiger partial charge on any atom is 0.317 e. The lowest BCUT2D eigenvalue weighted by Crippen LogP contribution is -2.39. The molecule has 1 atom stereocenters. The van der Waals surface area contributed by atoms with E-state index in [4.69, 9.17) is 4.74 Å². The molecule has 0 aromatic carbocycles. The van der Waals surface area contributed by atoms with Crippen molar-refractivity contribution in [3.63, 3.8) is 0 Å². The number of aryl methyl sites for hydroxylation is 2. The number of methoxy groups -OCH3 is 1. The number of nitrogens with one attached hydrogen (secondary N) is 2. The number of nitrogens with zero attached hydrogens (tertiary/aromatic N) is 2. The Morgan fingerprint density at radius 3 is 2.76 bits per heavy atom. The zero-order valence-electron chi connectivity index (χ0n) is 13.8. The quantitative estimate of drug-likeness (QED) is 0.771. The summed E-state index contributed by atoms with van der Waals surface area (Å²) in [5, 5.41) is 10.1. The molecule has 6 heteroatoms. The molecular formula is C15H28N4O2. The number of aromatic amines is 1. The van der Waals surface area contributed by atoms with E-state index in [0.717, 1.165) is 37.2 Å². The van der Waals surface area contributed by atoms with Crippen LogP contribution in [0.4, 0.5) is 4.79 Å². The van der Waals surface area contributed by atoms with Crippen LogP contribution in [0.25, 0.3) is 0 Å². The normalized spacial score (nSPS) is 12.2. The van der Waals surface area contributed by atoms with Crippen molar-refractivity contribution < 1.29 is 9.53 Å². The van der Waals surface area contributed by atoms with E-state index in [0.29, 0.717) is 6.54 Å². The molecule has 0 bridgehead atoms. The number of hydrogen-bond donors (Lipinski definition) is 2. The average molecular weight is 296 g/mol. The van der Waals surface area contributed by atoms with Crippen LogP contribution >= 0.6 is 0 Å². The standard InChI is InChI=1S/C15H28N4O2/c1-11(21-5)8-9-16-15(20)19(4)10-6-7-14-12(2)17-18-13(14)3/h11H,6-10H2,1-5H3,(H,16,20)(H,17,18)/t11-/m1/s1. The fourth-order valence-corrected chi connectivity index (χ4v) is 2.17. The third-order valence-electron chi connectivity index (χ3n) is 3.78. The second-order valence-electron chi connectivity index (χ2n) is 5.50. The molecule has 0 aliphatic rings. The van der Waals surface area contributed by atoms with Gasteiger partial charge in [-0.25, -0.2) is 4.79 Å². The van der Waals surface area contributed by atoms with Gasteiger partial charge in [0.05, 0.1) is 11.8 Å². The summed E-state index contributed by atoms with van der Waals surface area (Å²) in [7, 11) is 3.50. The molecule has 0 spiro atoms. The molecule has 2 amide bonds. The van der Waals surface area contributed by atoms with E-state index in [1.807, 2.05) is 27.8 Å². The minimum absolute atomic E-state index is 0.0288. The zero-order chi connectivity index (χ0) is 15.8. The first-order chi connectivity index (χ1) is 9.95. The molecule has 0 radical (unpaired) electrons. The van der Waals surface area contributed by atoms with Crippen molar-refractivity contribution in [2.24, 2.45) is 0 Å². The minimum Gasteiger partial charge on any atom is -0.382 e. The molecule has 1 aromatic rings. The average Bonchev–Trinajstić information content (AvgIpc) is 2.78. The Kier molecular flexibility index (Phi) is 7.22. The predicted molar refractivity (Wildman–Crippen MR) is 83.5 cm³/mol. The molecule has 2 N–H and O–H groups in total. The lowest BCUT2D eigenvalue weighted by Gasteiger charge is -2.18. The molecule has 0 fully saturated rings. The molecule has 6 nitrogen and oxygen atoms in total. The Morgan fingerprint density at radius 1 is 1.48 bits per heavy atom. The van der Waals surface area contributed by atoms with Crippen molar-refractivity contribution in [1.29, 1.82) is 0 Å². The molecule has 0 unspecified atom stereocenters. The highest BCUT2D eigenvalue weighted by molar-refractivity contribution is 5.73. The Bertz CT molecular complexity index is 425. The van der Waals surface area contributed by atoms with Crippen LogP contribution in [0.2, 0.25) is 0 Å². The summed E-state index contributed by atoms with van der Waals surface area (Å²) >= 11 is 0. The summed E-state index contributed by atoms with van der Waals surface area (Å²) in [5.41, 5.74) is 3.43. The van der Waals surface area contributed by atoms with Gasteiger partial charge in [-0.2, -0.15) is 5.10 Å². The second-order valence-corrected chi connectivity index (χ2v) is 5.50. The summed E-state index contributed by atoms with van der Waals surface area (Å²) in [6.07, 6.45) is 2.86. The minimum atomic E-state index is -0.0288. The van der Waals surface area contributed by atoms with Gasteiger partial charge in [0, 0.05) is 32.9 Å². The van der Waals surface area contributed by atoms with Gasteiger partial charge < -0.3 is 15.0 Å². The van der Waals surface area contributed by atoms with E-state index in [1.165, 1.54) is 5.56 Å². The highest BCUT2D eigenvalue weighted by atomic mass is 16.5. The summed E-state index contributed by atoms with van der Waals surface area (Å²) in [4.78, 5) is 13.6. The van der Waals surface area contributed by atoms with Crippen molar-refractivity contribution >= 4 is 6.03 Å². The van der Waals surface area contributed by atoms with E-state index in [-0.39, 0.29) is 12.1 Å². The van der Waals surface area contributed by atoms with Gasteiger partial charge >= 0.3 is 6.03 Å². The van der Waals surface area contributed by atoms with Crippen LogP contribution in [0, 0.1) is 13.8 Å². The number of hydrogen-bond acceptors (Lipinski definition) is 3. The Labute approximate surface area is 127 Å². The van der Waals surface area contributed by atoms with Crippen LogP contribution in [0.15, 0.2) is 0 Å². The lowest BCUT2D eigenvalue weighted by atomic mass is 10.1. The number of amides is 2. The number of carbonyl (C=O) groups excluding carboxylic acids is 1. The molecule has 0 aliphatic heterocycles. The first-order valence-corrected chi connectivity index (χ1v) is 7.48. The van der Waals surface area contributed by atoms with Gasteiger partial charge in [0.15, 0.2) is 0 Å². The number of carbonyl (C=O) groups is 1. The van der Waals surface area contributed by atoms with E-state index >= 15 is 0 Å². The molecule has 1 aromatic heterocycles. The number of ether oxygens (including phenoxy) is 1. The van der Waals surface area contributed by atoms with Crippen molar-refractivity contribution in [2.75, 3.05) is 27.2 Å². The molecule has 1 heterocycles. The Morgan fingerprint density at radius 2 is 2.19 bits per heavy atom. The summed E-state index contributed by atoms with van der Waals surface area (Å²) < 4.78 is 5.15. The number of H-pyrrole nitrogens is 1. The monoisotopic (exact) mass is 296 g/mol. The first kappa shape index (κ1) is 17.5. The van der Waals surface area contributed by atoms with Crippen LogP contribution in [-0.2, 0) is 11.2 Å². The van der Waals surface area contributed by atoms with Gasteiger partial charge in [0.1, 0.15) is 0 Å². The third kappa shape index (κ3) is 5.75. The van der Waals surface area contributed by atoms with Crippen molar-refractivity contribution in [1.82, 2.24) is 20.4 Å². The topological polar surface area (TPSA) is 70.2 Å². The highest BCUT2D eigenvalue weighted by Crippen LogP contribution is 2.11. The van der Waals surface area contributed by atoms with E-state index in [9.17, 15) is 4.79 Å². The van der Waals surface area contributed by atoms with Crippen LogP contribution in [0.5, 0.6) is 0 Å². The molecule has 0 aliphatic carbocycles. The van der Waals surface area contributed by atoms with Crippen LogP contribution in [0.3, 0.4) is 0 Å².